The maximum Gasteiger partial charge on any atom is 0.288 e. The summed E-state index contributed by atoms with van der Waals surface area (Å²) >= 11 is 0. The molecular formula is C19H20N2O4. The van der Waals surface area contributed by atoms with E-state index in [4.69, 9.17) is 14.7 Å². The molecule has 2 aromatic rings. The van der Waals surface area contributed by atoms with Crippen LogP contribution in [0.4, 0.5) is 5.69 Å². The van der Waals surface area contributed by atoms with Crippen molar-refractivity contribution in [3.05, 3.63) is 59.2 Å². The average molecular weight is 340 g/mol. The van der Waals surface area contributed by atoms with Gasteiger partial charge in [0.05, 0.1) is 11.6 Å². The fraction of sp³-hybridized carbons (Fsp3) is 0.263. The number of benzene rings is 2. The van der Waals surface area contributed by atoms with Gasteiger partial charge in [-0.05, 0) is 49.7 Å². The van der Waals surface area contributed by atoms with Crippen LogP contribution in [-0.2, 0) is 9.53 Å². The minimum atomic E-state index is -2.15. The van der Waals surface area contributed by atoms with Gasteiger partial charge in [0.2, 0.25) is 0 Å². The van der Waals surface area contributed by atoms with Crippen molar-refractivity contribution in [3.63, 3.8) is 0 Å². The van der Waals surface area contributed by atoms with E-state index < -0.39 is 11.7 Å². The van der Waals surface area contributed by atoms with Crippen molar-refractivity contribution in [1.82, 2.24) is 0 Å². The Morgan fingerprint density at radius 1 is 1.24 bits per heavy atom. The number of aliphatic hydroxyl groups is 1. The van der Waals surface area contributed by atoms with Crippen molar-refractivity contribution in [2.24, 2.45) is 0 Å². The van der Waals surface area contributed by atoms with Gasteiger partial charge in [0.25, 0.3) is 11.7 Å². The molecular weight excluding hydrogens is 320 g/mol. The van der Waals surface area contributed by atoms with Crippen molar-refractivity contribution in [3.8, 4) is 11.8 Å². The molecule has 0 saturated carbocycles. The molecule has 6 nitrogen and oxygen atoms in total. The minimum Gasteiger partial charge on any atom is -0.487 e. The predicted molar refractivity (Wildman–Crippen MR) is 93.2 cm³/mol. The molecule has 0 aliphatic rings. The largest absolute Gasteiger partial charge is 0.487 e. The van der Waals surface area contributed by atoms with Crippen LogP contribution in [0.5, 0.6) is 5.75 Å². The molecule has 0 aliphatic carbocycles. The van der Waals surface area contributed by atoms with Gasteiger partial charge >= 0.3 is 0 Å². The Morgan fingerprint density at radius 2 is 1.92 bits per heavy atom. The summed E-state index contributed by atoms with van der Waals surface area (Å²) in [5, 5.41) is 21.9. The van der Waals surface area contributed by atoms with Gasteiger partial charge in [0.1, 0.15) is 5.75 Å². The smallest absolute Gasteiger partial charge is 0.288 e. The van der Waals surface area contributed by atoms with E-state index in [0.717, 1.165) is 11.1 Å². The second kappa shape index (κ2) is 7.79. The Labute approximate surface area is 146 Å². The molecule has 1 atom stereocenters. The van der Waals surface area contributed by atoms with Gasteiger partial charge in [-0.3, -0.25) is 4.79 Å². The molecule has 0 spiro atoms. The lowest BCUT2D eigenvalue weighted by atomic mass is 10.1. The monoisotopic (exact) mass is 340 g/mol. The molecule has 2 rings (SSSR count). The minimum absolute atomic E-state index is 0.367. The first-order chi connectivity index (χ1) is 11.9. The fourth-order valence-electron chi connectivity index (χ4n) is 2.13. The summed E-state index contributed by atoms with van der Waals surface area (Å²) in [7, 11) is 1.22. The molecule has 0 saturated heterocycles. The van der Waals surface area contributed by atoms with E-state index in [2.05, 4.69) is 11.4 Å². The maximum absolute atomic E-state index is 12.4. The molecule has 25 heavy (non-hydrogen) atoms. The number of hydrogen-bond donors (Lipinski definition) is 2. The van der Waals surface area contributed by atoms with Crippen molar-refractivity contribution < 1.29 is 19.4 Å². The van der Waals surface area contributed by atoms with Gasteiger partial charge in [0.15, 0.2) is 6.61 Å². The number of ether oxygens (including phenoxy) is 2. The number of anilines is 1. The number of nitrogens with zero attached hydrogens (tertiary/aromatic N) is 1. The summed E-state index contributed by atoms with van der Waals surface area (Å²) in [5.74, 6) is -2.39. The maximum atomic E-state index is 12.4. The van der Waals surface area contributed by atoms with Crippen LogP contribution in [0.3, 0.4) is 0 Å². The number of amides is 1. The molecule has 6 heteroatoms. The first-order valence-electron chi connectivity index (χ1n) is 7.67. The van der Waals surface area contributed by atoms with Crippen molar-refractivity contribution in [2.45, 2.75) is 19.6 Å². The molecule has 130 valence electrons. The zero-order valence-electron chi connectivity index (χ0n) is 14.4. The van der Waals surface area contributed by atoms with Gasteiger partial charge in [-0.15, -0.1) is 0 Å². The SMILES string of the molecule is CO[C@](O)(COc1ccc(C)cc1)C(=O)Nc1ccc(C#N)c(C)c1. The molecule has 0 unspecified atom stereocenters. The fourth-order valence-corrected chi connectivity index (χ4v) is 2.13. The van der Waals surface area contributed by atoms with E-state index in [1.54, 1.807) is 37.3 Å². The second-order valence-electron chi connectivity index (χ2n) is 5.69. The predicted octanol–water partition coefficient (Wildman–Crippen LogP) is 2.53. The third-order valence-electron chi connectivity index (χ3n) is 3.75. The Kier molecular flexibility index (Phi) is 5.75. The molecule has 0 aliphatic heterocycles. The number of nitrogens with one attached hydrogen (secondary N) is 1. The summed E-state index contributed by atoms with van der Waals surface area (Å²) in [4.78, 5) is 12.4. The van der Waals surface area contributed by atoms with Crippen LogP contribution in [0.1, 0.15) is 16.7 Å². The van der Waals surface area contributed by atoms with E-state index in [1.165, 1.54) is 7.11 Å². The van der Waals surface area contributed by atoms with E-state index in [0.29, 0.717) is 17.0 Å². The second-order valence-corrected chi connectivity index (χ2v) is 5.69. The normalized spacial score (nSPS) is 12.8. The number of carbonyl (C=O) groups excluding carboxylic acids is 1. The highest BCUT2D eigenvalue weighted by Crippen LogP contribution is 2.19. The lowest BCUT2D eigenvalue weighted by molar-refractivity contribution is -0.202. The molecule has 2 aromatic carbocycles. The number of hydrogen-bond acceptors (Lipinski definition) is 5. The summed E-state index contributed by atoms with van der Waals surface area (Å²) in [5.41, 5.74) is 2.76. The number of aryl methyl sites for hydroxylation is 2. The molecule has 0 bridgehead atoms. The van der Waals surface area contributed by atoms with Crippen LogP contribution in [0.15, 0.2) is 42.5 Å². The number of methoxy groups -OCH3 is 1. The van der Waals surface area contributed by atoms with Crippen LogP contribution in [0.25, 0.3) is 0 Å². The van der Waals surface area contributed by atoms with E-state index in [9.17, 15) is 9.90 Å². The van der Waals surface area contributed by atoms with Gasteiger partial charge in [-0.2, -0.15) is 5.26 Å². The highest BCUT2D eigenvalue weighted by atomic mass is 16.6. The van der Waals surface area contributed by atoms with Gasteiger partial charge in [0, 0.05) is 12.8 Å². The van der Waals surface area contributed by atoms with Crippen LogP contribution < -0.4 is 10.1 Å². The highest BCUT2D eigenvalue weighted by molar-refractivity contribution is 5.96. The third kappa shape index (κ3) is 4.57. The van der Waals surface area contributed by atoms with Crippen LogP contribution in [0, 0.1) is 25.2 Å². The van der Waals surface area contributed by atoms with E-state index in [-0.39, 0.29) is 6.61 Å². The molecule has 1 amide bonds. The topological polar surface area (TPSA) is 91.6 Å². The average Bonchev–Trinajstić information content (AvgIpc) is 2.61. The van der Waals surface area contributed by atoms with Gasteiger partial charge < -0.3 is 19.9 Å². The van der Waals surface area contributed by atoms with Gasteiger partial charge in [-0.25, -0.2) is 0 Å². The van der Waals surface area contributed by atoms with Crippen LogP contribution in [-0.4, -0.2) is 30.5 Å². The summed E-state index contributed by atoms with van der Waals surface area (Å²) in [6, 6.07) is 14.1. The Morgan fingerprint density at radius 3 is 2.48 bits per heavy atom. The molecule has 2 N–H and O–H groups in total. The Bertz CT molecular complexity index is 796. The van der Waals surface area contributed by atoms with Crippen molar-refractivity contribution >= 4 is 11.6 Å². The quantitative estimate of drug-likeness (QED) is 0.789. The van der Waals surface area contributed by atoms with Crippen LogP contribution in [0.2, 0.25) is 0 Å². The van der Waals surface area contributed by atoms with Gasteiger partial charge in [-0.1, -0.05) is 17.7 Å². The van der Waals surface area contributed by atoms with Crippen molar-refractivity contribution in [2.75, 3.05) is 19.0 Å². The first kappa shape index (κ1) is 18.5. The first-order valence-corrected chi connectivity index (χ1v) is 7.67. The van der Waals surface area contributed by atoms with E-state index in [1.807, 2.05) is 19.1 Å². The summed E-state index contributed by atoms with van der Waals surface area (Å²) in [6.07, 6.45) is 0. The Balaban J connectivity index is 2.07. The number of rotatable bonds is 6. The molecule has 0 aromatic heterocycles. The van der Waals surface area contributed by atoms with E-state index >= 15 is 0 Å². The van der Waals surface area contributed by atoms with Crippen LogP contribution >= 0.6 is 0 Å². The third-order valence-corrected chi connectivity index (χ3v) is 3.75. The summed E-state index contributed by atoms with van der Waals surface area (Å²) in [6.45, 7) is 3.34. The summed E-state index contributed by atoms with van der Waals surface area (Å²) < 4.78 is 10.4. The standard InChI is InChI=1S/C19H20N2O4/c1-13-4-8-17(9-5-13)25-12-19(23,24-3)18(22)21-16-7-6-15(11-20)14(2)10-16/h4-10,23H,12H2,1-3H3,(H,21,22)/t19-/m1/s1. The zero-order chi connectivity index (χ0) is 18.4. The lowest BCUT2D eigenvalue weighted by Gasteiger charge is -2.25. The lowest BCUT2D eigenvalue weighted by Crippen LogP contribution is -2.49. The molecule has 0 radical (unpaired) electrons. The molecule has 0 fully saturated rings. The number of carbonyl (C=O) groups is 1. The Hall–Kier alpha value is -2.88. The van der Waals surface area contributed by atoms with Crippen molar-refractivity contribution in [1.29, 1.82) is 5.26 Å². The zero-order valence-corrected chi connectivity index (χ0v) is 14.4. The number of nitriles is 1. The highest BCUT2D eigenvalue weighted by Gasteiger charge is 2.37. The molecule has 0 heterocycles.